The summed E-state index contributed by atoms with van der Waals surface area (Å²) in [6.07, 6.45) is 0. The van der Waals surface area contributed by atoms with E-state index >= 15 is 0 Å². The first-order valence-electron chi connectivity index (χ1n) is 7.62. The van der Waals surface area contributed by atoms with Gasteiger partial charge in [0, 0.05) is 31.9 Å². The van der Waals surface area contributed by atoms with Gasteiger partial charge in [-0.15, -0.1) is 11.8 Å². The van der Waals surface area contributed by atoms with Gasteiger partial charge in [-0.3, -0.25) is 9.59 Å². The number of rotatable bonds is 6. The number of nitrogens with zero attached hydrogens (tertiary/aromatic N) is 2. The highest BCUT2D eigenvalue weighted by molar-refractivity contribution is 8.00. The Kier molecular flexibility index (Phi) is 6.70. The monoisotopic (exact) mass is 340 g/mol. The van der Waals surface area contributed by atoms with E-state index in [2.05, 4.69) is 4.90 Å². The predicted octanol–water partition coefficient (Wildman–Crippen LogP) is 1.77. The molecule has 1 aromatic carbocycles. The van der Waals surface area contributed by atoms with E-state index in [1.807, 2.05) is 0 Å². The van der Waals surface area contributed by atoms with Crippen LogP contribution in [0.1, 0.15) is 6.92 Å². The van der Waals surface area contributed by atoms with Crippen LogP contribution in [0.4, 0.5) is 10.1 Å². The number of piperazine rings is 1. The lowest BCUT2D eigenvalue weighted by Crippen LogP contribution is -2.49. The van der Waals surface area contributed by atoms with Crippen molar-refractivity contribution in [2.45, 2.75) is 6.92 Å². The number of hydrogen-bond donors (Lipinski definition) is 0. The van der Waals surface area contributed by atoms with Crippen LogP contribution in [0.25, 0.3) is 0 Å². The van der Waals surface area contributed by atoms with Crippen molar-refractivity contribution in [3.05, 3.63) is 30.1 Å². The standard InChI is InChI=1S/C16H21FN2O3S/c1-2-22-16(21)12-23-11-15(20)19-9-7-18(8-10-19)14-5-3-13(17)4-6-14/h3-6H,2,7-12H2,1H3. The van der Waals surface area contributed by atoms with E-state index in [0.717, 1.165) is 18.8 Å². The fourth-order valence-electron chi connectivity index (χ4n) is 2.38. The second-order valence-electron chi connectivity index (χ2n) is 5.14. The zero-order chi connectivity index (χ0) is 16.7. The zero-order valence-corrected chi connectivity index (χ0v) is 14.0. The van der Waals surface area contributed by atoms with Crippen molar-refractivity contribution in [2.24, 2.45) is 0 Å². The van der Waals surface area contributed by atoms with E-state index < -0.39 is 0 Å². The summed E-state index contributed by atoms with van der Waals surface area (Å²) in [7, 11) is 0. The second-order valence-corrected chi connectivity index (χ2v) is 6.13. The Labute approximate surface area is 139 Å². The minimum absolute atomic E-state index is 0.0399. The summed E-state index contributed by atoms with van der Waals surface area (Å²) in [5.41, 5.74) is 0.968. The molecule has 0 N–H and O–H groups in total. The molecule has 0 unspecified atom stereocenters. The van der Waals surface area contributed by atoms with Crippen LogP contribution >= 0.6 is 11.8 Å². The number of carbonyl (C=O) groups is 2. The molecule has 1 aliphatic rings. The molecule has 5 nitrogen and oxygen atoms in total. The molecule has 0 radical (unpaired) electrons. The molecule has 0 aromatic heterocycles. The van der Waals surface area contributed by atoms with Crippen LogP contribution in [0.3, 0.4) is 0 Å². The number of esters is 1. The molecule has 1 aliphatic heterocycles. The Balaban J connectivity index is 1.72. The largest absolute Gasteiger partial charge is 0.465 e. The summed E-state index contributed by atoms with van der Waals surface area (Å²) >= 11 is 1.28. The smallest absolute Gasteiger partial charge is 0.315 e. The fraction of sp³-hybridized carbons (Fsp3) is 0.500. The van der Waals surface area contributed by atoms with Gasteiger partial charge in [0.2, 0.25) is 5.91 Å². The number of halogens is 1. The molecule has 0 spiro atoms. The highest BCUT2D eigenvalue weighted by Gasteiger charge is 2.21. The molecular weight excluding hydrogens is 319 g/mol. The molecule has 0 bridgehead atoms. The number of thioether (sulfide) groups is 1. The summed E-state index contributed by atoms with van der Waals surface area (Å²) in [4.78, 5) is 27.3. The molecule has 1 saturated heterocycles. The quantitative estimate of drug-likeness (QED) is 0.739. The minimum atomic E-state index is -0.286. The SMILES string of the molecule is CCOC(=O)CSCC(=O)N1CCN(c2ccc(F)cc2)CC1. The average Bonchev–Trinajstić information content (AvgIpc) is 2.56. The Morgan fingerprint density at radius 3 is 2.39 bits per heavy atom. The third-order valence-electron chi connectivity index (χ3n) is 3.57. The number of carbonyl (C=O) groups excluding carboxylic acids is 2. The van der Waals surface area contributed by atoms with Crippen LogP contribution in [-0.2, 0) is 14.3 Å². The summed E-state index contributed by atoms with van der Waals surface area (Å²) in [6, 6.07) is 6.39. The average molecular weight is 340 g/mol. The molecule has 126 valence electrons. The summed E-state index contributed by atoms with van der Waals surface area (Å²) < 4.78 is 17.8. The minimum Gasteiger partial charge on any atom is -0.465 e. The topological polar surface area (TPSA) is 49.9 Å². The molecule has 2 rings (SSSR count). The van der Waals surface area contributed by atoms with Crippen molar-refractivity contribution in [2.75, 3.05) is 49.2 Å². The Morgan fingerprint density at radius 1 is 1.13 bits per heavy atom. The molecule has 1 amide bonds. The fourth-order valence-corrected chi connectivity index (χ4v) is 3.09. The maximum atomic E-state index is 12.9. The summed E-state index contributed by atoms with van der Waals surface area (Å²) in [5.74, 6) is -0.00419. The van der Waals surface area contributed by atoms with Gasteiger partial charge >= 0.3 is 5.97 Å². The van der Waals surface area contributed by atoms with Crippen LogP contribution in [0.15, 0.2) is 24.3 Å². The van der Waals surface area contributed by atoms with E-state index in [-0.39, 0.29) is 29.2 Å². The zero-order valence-electron chi connectivity index (χ0n) is 13.2. The van der Waals surface area contributed by atoms with Crippen LogP contribution in [0.2, 0.25) is 0 Å². The van der Waals surface area contributed by atoms with Gasteiger partial charge in [0.1, 0.15) is 5.82 Å². The lowest BCUT2D eigenvalue weighted by atomic mass is 10.2. The first-order valence-corrected chi connectivity index (χ1v) is 8.77. The molecule has 23 heavy (non-hydrogen) atoms. The van der Waals surface area contributed by atoms with Gasteiger partial charge in [-0.2, -0.15) is 0 Å². The van der Waals surface area contributed by atoms with Gasteiger partial charge in [-0.25, -0.2) is 4.39 Å². The van der Waals surface area contributed by atoms with Crippen molar-refractivity contribution in [3.63, 3.8) is 0 Å². The Bertz CT molecular complexity index is 531. The maximum Gasteiger partial charge on any atom is 0.315 e. The molecule has 1 aromatic rings. The van der Waals surface area contributed by atoms with Crippen molar-refractivity contribution in [1.82, 2.24) is 4.90 Å². The Morgan fingerprint density at radius 2 is 1.78 bits per heavy atom. The van der Waals surface area contributed by atoms with E-state index in [1.165, 1.54) is 23.9 Å². The summed E-state index contributed by atoms with van der Waals surface area (Å²) in [5, 5.41) is 0. The van der Waals surface area contributed by atoms with Crippen molar-refractivity contribution in [3.8, 4) is 0 Å². The number of amides is 1. The van der Waals surface area contributed by atoms with Crippen LogP contribution < -0.4 is 4.90 Å². The van der Waals surface area contributed by atoms with E-state index in [0.29, 0.717) is 19.7 Å². The van der Waals surface area contributed by atoms with Gasteiger partial charge in [0.25, 0.3) is 0 Å². The molecule has 0 atom stereocenters. The van der Waals surface area contributed by atoms with Gasteiger partial charge in [0.15, 0.2) is 0 Å². The highest BCUT2D eigenvalue weighted by atomic mass is 32.2. The molecule has 7 heteroatoms. The molecule has 1 fully saturated rings. The van der Waals surface area contributed by atoms with Crippen LogP contribution in [-0.4, -0.2) is 61.1 Å². The summed E-state index contributed by atoms with van der Waals surface area (Å²) in [6.45, 7) is 4.83. The number of benzene rings is 1. The van der Waals surface area contributed by atoms with Gasteiger partial charge in [-0.1, -0.05) is 0 Å². The van der Waals surface area contributed by atoms with Crippen LogP contribution in [0.5, 0.6) is 0 Å². The lowest BCUT2D eigenvalue weighted by Gasteiger charge is -2.36. The molecule has 0 saturated carbocycles. The normalized spacial score (nSPS) is 14.7. The Hall–Kier alpha value is -1.76. The van der Waals surface area contributed by atoms with E-state index in [1.54, 1.807) is 24.0 Å². The van der Waals surface area contributed by atoms with Crippen molar-refractivity contribution in [1.29, 1.82) is 0 Å². The molecular formula is C16H21FN2O3S. The van der Waals surface area contributed by atoms with Crippen molar-refractivity contribution >= 4 is 29.3 Å². The van der Waals surface area contributed by atoms with E-state index in [4.69, 9.17) is 4.74 Å². The van der Waals surface area contributed by atoms with Crippen LogP contribution in [0, 0.1) is 5.82 Å². The lowest BCUT2D eigenvalue weighted by molar-refractivity contribution is -0.139. The molecule has 0 aliphatic carbocycles. The third kappa shape index (κ3) is 5.42. The number of anilines is 1. The third-order valence-corrected chi connectivity index (χ3v) is 4.47. The van der Waals surface area contributed by atoms with Gasteiger partial charge < -0.3 is 14.5 Å². The maximum absolute atomic E-state index is 12.9. The van der Waals surface area contributed by atoms with Gasteiger partial charge in [0.05, 0.1) is 18.1 Å². The highest BCUT2D eigenvalue weighted by Crippen LogP contribution is 2.17. The van der Waals surface area contributed by atoms with Crippen molar-refractivity contribution < 1.29 is 18.7 Å². The van der Waals surface area contributed by atoms with Gasteiger partial charge in [-0.05, 0) is 31.2 Å². The number of ether oxygens (including phenoxy) is 1. The first-order chi connectivity index (χ1) is 11.1. The molecule has 1 heterocycles. The van der Waals surface area contributed by atoms with E-state index in [9.17, 15) is 14.0 Å². The predicted molar refractivity (Wildman–Crippen MR) is 89.2 cm³/mol. The number of hydrogen-bond acceptors (Lipinski definition) is 5. The second kappa shape index (κ2) is 8.76. The first kappa shape index (κ1) is 17.6.